The second-order valence-corrected chi connectivity index (χ2v) is 5.44. The summed E-state index contributed by atoms with van der Waals surface area (Å²) in [6.07, 6.45) is 0.508. The lowest BCUT2D eigenvalue weighted by Gasteiger charge is -2.12. The minimum atomic E-state index is -0.585. The van der Waals surface area contributed by atoms with E-state index in [1.54, 1.807) is 0 Å². The van der Waals surface area contributed by atoms with Crippen LogP contribution < -0.4 is 11.1 Å². The highest BCUT2D eigenvalue weighted by atomic mass is 16.2. The summed E-state index contributed by atoms with van der Waals surface area (Å²) in [5.41, 5.74) is 10.1. The van der Waals surface area contributed by atoms with Crippen LogP contribution in [-0.4, -0.2) is 16.9 Å². The average Bonchev–Trinajstić information content (AvgIpc) is 2.84. The standard InChI is InChI=1S/C18H19N3O/c1-12-15(14-9-5-6-10-17(14)20-12)11-16(19)18(22)21-13-7-3-2-4-8-13/h2-10,16,20H,11,19H2,1H3,(H,21,22)/t16-/m0/s1. The number of aromatic nitrogens is 1. The number of nitrogens with two attached hydrogens (primary N) is 1. The zero-order valence-corrected chi connectivity index (χ0v) is 12.5. The van der Waals surface area contributed by atoms with Gasteiger partial charge in [0.05, 0.1) is 6.04 Å². The Kier molecular flexibility index (Phi) is 3.94. The fraction of sp³-hybridized carbons (Fsp3) is 0.167. The molecule has 22 heavy (non-hydrogen) atoms. The molecule has 0 radical (unpaired) electrons. The average molecular weight is 293 g/mol. The molecular weight excluding hydrogens is 274 g/mol. The third-order valence-corrected chi connectivity index (χ3v) is 3.83. The van der Waals surface area contributed by atoms with Crippen molar-refractivity contribution < 1.29 is 4.79 Å². The van der Waals surface area contributed by atoms with E-state index in [1.165, 1.54) is 0 Å². The molecule has 0 bridgehead atoms. The summed E-state index contributed by atoms with van der Waals surface area (Å²) < 4.78 is 0. The van der Waals surface area contributed by atoms with Crippen molar-refractivity contribution in [2.24, 2.45) is 5.73 Å². The van der Waals surface area contributed by atoms with Crippen molar-refractivity contribution >= 4 is 22.5 Å². The lowest BCUT2D eigenvalue weighted by atomic mass is 10.0. The van der Waals surface area contributed by atoms with Crippen molar-refractivity contribution in [2.45, 2.75) is 19.4 Å². The van der Waals surface area contributed by atoms with E-state index in [4.69, 9.17) is 5.73 Å². The molecule has 1 atom stereocenters. The van der Waals surface area contributed by atoms with Crippen molar-refractivity contribution in [2.75, 3.05) is 5.32 Å². The molecule has 0 aliphatic carbocycles. The number of fused-ring (bicyclic) bond motifs is 1. The van der Waals surface area contributed by atoms with Crippen LogP contribution in [0.2, 0.25) is 0 Å². The van der Waals surface area contributed by atoms with Gasteiger partial charge in [-0.3, -0.25) is 4.79 Å². The van der Waals surface area contributed by atoms with Crippen molar-refractivity contribution in [3.05, 3.63) is 65.9 Å². The first-order chi connectivity index (χ1) is 10.6. The number of H-pyrrole nitrogens is 1. The molecule has 112 valence electrons. The molecule has 0 saturated carbocycles. The quantitative estimate of drug-likeness (QED) is 0.692. The van der Waals surface area contributed by atoms with Gasteiger partial charge in [-0.1, -0.05) is 36.4 Å². The van der Waals surface area contributed by atoms with E-state index in [9.17, 15) is 4.79 Å². The third-order valence-electron chi connectivity index (χ3n) is 3.83. The van der Waals surface area contributed by atoms with E-state index in [0.29, 0.717) is 6.42 Å². The lowest BCUT2D eigenvalue weighted by Crippen LogP contribution is -2.37. The summed E-state index contributed by atoms with van der Waals surface area (Å²) in [6.45, 7) is 2.01. The number of aryl methyl sites for hydroxylation is 1. The number of hydrogen-bond acceptors (Lipinski definition) is 2. The first-order valence-corrected chi connectivity index (χ1v) is 7.33. The maximum Gasteiger partial charge on any atom is 0.241 e. The predicted octanol–water partition coefficient (Wildman–Crippen LogP) is 2.98. The summed E-state index contributed by atoms with van der Waals surface area (Å²) in [5, 5.41) is 3.98. The highest BCUT2D eigenvalue weighted by Crippen LogP contribution is 2.23. The van der Waals surface area contributed by atoms with Gasteiger partial charge in [0.15, 0.2) is 0 Å². The van der Waals surface area contributed by atoms with Crippen LogP contribution in [0.5, 0.6) is 0 Å². The predicted molar refractivity (Wildman–Crippen MR) is 89.8 cm³/mol. The van der Waals surface area contributed by atoms with Gasteiger partial charge in [0.2, 0.25) is 5.91 Å². The number of hydrogen-bond donors (Lipinski definition) is 3. The number of anilines is 1. The van der Waals surface area contributed by atoms with E-state index in [0.717, 1.165) is 27.8 Å². The number of rotatable bonds is 4. The van der Waals surface area contributed by atoms with Crippen LogP contribution in [0.15, 0.2) is 54.6 Å². The number of carbonyl (C=O) groups is 1. The van der Waals surface area contributed by atoms with Crippen molar-refractivity contribution in [3.8, 4) is 0 Å². The van der Waals surface area contributed by atoms with Crippen LogP contribution in [0, 0.1) is 6.92 Å². The molecular formula is C18H19N3O. The van der Waals surface area contributed by atoms with Crippen molar-refractivity contribution in [1.29, 1.82) is 0 Å². The van der Waals surface area contributed by atoms with E-state index >= 15 is 0 Å². The summed E-state index contributed by atoms with van der Waals surface area (Å²) >= 11 is 0. The number of carbonyl (C=O) groups excluding carboxylic acids is 1. The lowest BCUT2D eigenvalue weighted by molar-refractivity contribution is -0.117. The van der Waals surface area contributed by atoms with E-state index in [2.05, 4.69) is 16.4 Å². The van der Waals surface area contributed by atoms with Crippen LogP contribution in [0.25, 0.3) is 10.9 Å². The van der Waals surface area contributed by atoms with Crippen LogP contribution in [0.4, 0.5) is 5.69 Å². The molecule has 1 heterocycles. The van der Waals surface area contributed by atoms with Gasteiger partial charge in [0, 0.05) is 22.3 Å². The molecule has 0 unspecified atom stereocenters. The van der Waals surface area contributed by atoms with Crippen LogP contribution in [0.3, 0.4) is 0 Å². The molecule has 0 aliphatic rings. The highest BCUT2D eigenvalue weighted by Gasteiger charge is 2.18. The number of amides is 1. The Balaban J connectivity index is 1.77. The van der Waals surface area contributed by atoms with Gasteiger partial charge in [-0.2, -0.15) is 0 Å². The van der Waals surface area contributed by atoms with Crippen LogP contribution in [-0.2, 0) is 11.2 Å². The zero-order valence-electron chi connectivity index (χ0n) is 12.5. The fourth-order valence-corrected chi connectivity index (χ4v) is 2.67. The number of para-hydroxylation sites is 2. The highest BCUT2D eigenvalue weighted by molar-refractivity contribution is 5.95. The molecule has 0 saturated heterocycles. The molecule has 4 N–H and O–H groups in total. The minimum Gasteiger partial charge on any atom is -0.358 e. The number of nitrogens with one attached hydrogen (secondary N) is 2. The normalized spacial score (nSPS) is 12.3. The summed E-state index contributed by atoms with van der Waals surface area (Å²) in [6, 6.07) is 16.8. The Morgan fingerprint density at radius 3 is 2.59 bits per heavy atom. The molecule has 2 aromatic carbocycles. The molecule has 0 aliphatic heterocycles. The fourth-order valence-electron chi connectivity index (χ4n) is 2.67. The van der Waals surface area contributed by atoms with Crippen molar-refractivity contribution in [3.63, 3.8) is 0 Å². The first kappa shape index (κ1) is 14.4. The van der Waals surface area contributed by atoms with Gasteiger partial charge in [-0.05, 0) is 37.1 Å². The topological polar surface area (TPSA) is 70.9 Å². The molecule has 4 heteroatoms. The summed E-state index contributed by atoms with van der Waals surface area (Å²) in [5.74, 6) is -0.170. The maximum absolute atomic E-state index is 12.2. The van der Waals surface area contributed by atoms with Gasteiger partial charge in [-0.15, -0.1) is 0 Å². The second-order valence-electron chi connectivity index (χ2n) is 5.44. The van der Waals surface area contributed by atoms with Crippen molar-refractivity contribution in [1.82, 2.24) is 4.98 Å². The minimum absolute atomic E-state index is 0.170. The molecule has 3 aromatic rings. The number of aromatic amines is 1. The molecule has 1 aromatic heterocycles. The van der Waals surface area contributed by atoms with Gasteiger partial charge in [0.1, 0.15) is 0 Å². The van der Waals surface area contributed by atoms with E-state index in [1.807, 2.05) is 55.5 Å². The van der Waals surface area contributed by atoms with E-state index in [-0.39, 0.29) is 5.91 Å². The maximum atomic E-state index is 12.2. The largest absolute Gasteiger partial charge is 0.358 e. The monoisotopic (exact) mass is 293 g/mol. The molecule has 0 spiro atoms. The van der Waals surface area contributed by atoms with Crippen LogP contribution >= 0.6 is 0 Å². The van der Waals surface area contributed by atoms with Gasteiger partial charge in [-0.25, -0.2) is 0 Å². The summed E-state index contributed by atoms with van der Waals surface area (Å²) in [4.78, 5) is 15.6. The van der Waals surface area contributed by atoms with Crippen LogP contribution in [0.1, 0.15) is 11.3 Å². The Labute approximate surface area is 129 Å². The smallest absolute Gasteiger partial charge is 0.241 e. The summed E-state index contributed by atoms with van der Waals surface area (Å²) in [7, 11) is 0. The molecule has 0 fully saturated rings. The second kappa shape index (κ2) is 6.03. The Morgan fingerprint density at radius 1 is 1.14 bits per heavy atom. The molecule has 1 amide bonds. The zero-order chi connectivity index (χ0) is 15.5. The molecule has 4 nitrogen and oxygen atoms in total. The third kappa shape index (κ3) is 2.87. The van der Waals surface area contributed by atoms with E-state index < -0.39 is 6.04 Å². The first-order valence-electron chi connectivity index (χ1n) is 7.33. The Bertz CT molecular complexity index is 792. The van der Waals surface area contributed by atoms with Gasteiger partial charge in [0.25, 0.3) is 0 Å². The number of benzene rings is 2. The van der Waals surface area contributed by atoms with Gasteiger partial charge < -0.3 is 16.0 Å². The van der Waals surface area contributed by atoms with Gasteiger partial charge >= 0.3 is 0 Å². The Morgan fingerprint density at radius 2 is 1.82 bits per heavy atom. The SMILES string of the molecule is Cc1[nH]c2ccccc2c1C[C@H](N)C(=O)Nc1ccccc1. The Hall–Kier alpha value is -2.59. The molecule has 3 rings (SSSR count).